The largest absolute Gasteiger partial charge is 0.375 e. The van der Waals surface area contributed by atoms with E-state index in [1.165, 1.54) is 35.3 Å². The van der Waals surface area contributed by atoms with E-state index in [-0.39, 0.29) is 17.4 Å². The molecule has 4 rings (SSSR count). The van der Waals surface area contributed by atoms with Gasteiger partial charge in [-0.15, -0.1) is 11.3 Å². The molecule has 1 saturated heterocycles. The number of fused-ring (bicyclic) bond motifs is 2. The number of nitrogens with one attached hydrogen (secondary N) is 1. The number of benzene rings is 1. The molecule has 3 atom stereocenters. The SMILES string of the molecule is CC(C)(C)c1ccc(CN2C[C@H]3CC[C@@H](C2)C3NC(=O)c2csc(N)n2)cc1. The maximum absolute atomic E-state index is 12.5. The zero-order chi connectivity index (χ0) is 19.9. The van der Waals surface area contributed by atoms with Crippen LogP contribution in [0.15, 0.2) is 29.6 Å². The van der Waals surface area contributed by atoms with Gasteiger partial charge in [-0.3, -0.25) is 9.69 Å². The summed E-state index contributed by atoms with van der Waals surface area (Å²) < 4.78 is 0. The Morgan fingerprint density at radius 3 is 2.39 bits per heavy atom. The number of piperidine rings is 1. The Morgan fingerprint density at radius 2 is 1.86 bits per heavy atom. The van der Waals surface area contributed by atoms with Gasteiger partial charge in [-0.05, 0) is 41.2 Å². The van der Waals surface area contributed by atoms with Gasteiger partial charge in [-0.1, -0.05) is 45.0 Å². The highest BCUT2D eigenvalue weighted by molar-refractivity contribution is 7.13. The van der Waals surface area contributed by atoms with Crippen LogP contribution in [0.4, 0.5) is 5.13 Å². The fourth-order valence-electron chi connectivity index (χ4n) is 4.67. The van der Waals surface area contributed by atoms with Crippen LogP contribution in [0.1, 0.15) is 55.2 Å². The summed E-state index contributed by atoms with van der Waals surface area (Å²) in [6.45, 7) is 9.82. The summed E-state index contributed by atoms with van der Waals surface area (Å²) >= 11 is 1.31. The summed E-state index contributed by atoms with van der Waals surface area (Å²) in [5.41, 5.74) is 9.04. The van der Waals surface area contributed by atoms with Crippen molar-refractivity contribution in [2.24, 2.45) is 11.8 Å². The summed E-state index contributed by atoms with van der Waals surface area (Å²) in [7, 11) is 0. The molecule has 1 aliphatic carbocycles. The van der Waals surface area contributed by atoms with Crippen molar-refractivity contribution in [1.82, 2.24) is 15.2 Å². The molecule has 2 heterocycles. The molecule has 2 fully saturated rings. The minimum atomic E-state index is -0.0823. The number of nitrogens with zero attached hydrogens (tertiary/aromatic N) is 2. The van der Waals surface area contributed by atoms with Gasteiger partial charge in [0.2, 0.25) is 0 Å². The summed E-state index contributed by atoms with van der Waals surface area (Å²) in [5, 5.41) is 5.43. The van der Waals surface area contributed by atoms with Crippen LogP contribution in [0.3, 0.4) is 0 Å². The van der Waals surface area contributed by atoms with Crippen LogP contribution in [-0.2, 0) is 12.0 Å². The Hall–Kier alpha value is -1.92. The van der Waals surface area contributed by atoms with Gasteiger partial charge in [0.1, 0.15) is 5.69 Å². The van der Waals surface area contributed by atoms with Crippen LogP contribution < -0.4 is 11.1 Å². The topological polar surface area (TPSA) is 71.2 Å². The Balaban J connectivity index is 1.36. The molecule has 1 aromatic carbocycles. The van der Waals surface area contributed by atoms with E-state index in [2.05, 4.69) is 60.2 Å². The highest BCUT2D eigenvalue weighted by Gasteiger charge is 2.42. The smallest absolute Gasteiger partial charge is 0.271 e. The molecule has 1 aliphatic heterocycles. The van der Waals surface area contributed by atoms with E-state index < -0.39 is 0 Å². The second-order valence-corrected chi connectivity index (χ2v) is 10.2. The zero-order valence-corrected chi connectivity index (χ0v) is 17.8. The average Bonchev–Trinajstić information content (AvgIpc) is 3.16. The number of rotatable bonds is 4. The minimum absolute atomic E-state index is 0.0823. The van der Waals surface area contributed by atoms with Gasteiger partial charge in [0.05, 0.1) is 0 Å². The third-order valence-corrected chi connectivity index (χ3v) is 6.86. The van der Waals surface area contributed by atoms with Crippen LogP contribution >= 0.6 is 11.3 Å². The fraction of sp³-hybridized carbons (Fsp3) is 0.545. The lowest BCUT2D eigenvalue weighted by Crippen LogP contribution is -2.52. The molecule has 3 N–H and O–H groups in total. The molecule has 1 aromatic heterocycles. The summed E-state index contributed by atoms with van der Waals surface area (Å²) in [6, 6.07) is 9.31. The number of anilines is 1. The predicted molar refractivity (Wildman–Crippen MR) is 114 cm³/mol. The van der Waals surface area contributed by atoms with E-state index in [4.69, 9.17) is 5.73 Å². The fourth-order valence-corrected chi connectivity index (χ4v) is 5.21. The maximum atomic E-state index is 12.5. The number of likely N-dealkylation sites (tertiary alicyclic amines) is 1. The summed E-state index contributed by atoms with van der Waals surface area (Å²) in [5.74, 6) is 0.959. The Bertz CT molecular complexity index is 825. The van der Waals surface area contributed by atoms with Crippen molar-refractivity contribution in [1.29, 1.82) is 0 Å². The van der Waals surface area contributed by atoms with E-state index in [0.717, 1.165) is 19.6 Å². The lowest BCUT2D eigenvalue weighted by atomic mass is 9.86. The maximum Gasteiger partial charge on any atom is 0.271 e. The number of carbonyl (C=O) groups is 1. The number of hydrogen-bond donors (Lipinski definition) is 2. The molecule has 6 heteroatoms. The molecule has 1 unspecified atom stereocenters. The zero-order valence-electron chi connectivity index (χ0n) is 16.9. The van der Waals surface area contributed by atoms with Gasteiger partial charge >= 0.3 is 0 Å². The van der Waals surface area contributed by atoms with Gasteiger partial charge in [-0.25, -0.2) is 4.98 Å². The van der Waals surface area contributed by atoms with Crippen molar-refractivity contribution in [3.05, 3.63) is 46.5 Å². The predicted octanol–water partition coefficient (Wildman–Crippen LogP) is 3.66. The standard InChI is InChI=1S/C22H30N4OS/c1-22(2,3)17-8-4-14(5-9-17)10-26-11-15-6-7-16(12-26)19(15)25-20(27)18-13-28-21(23)24-18/h4-5,8-9,13,15-16,19H,6-7,10-12H2,1-3H3,(H2,23,24)(H,25,27)/t15-,16+,19?. The quantitative estimate of drug-likeness (QED) is 0.824. The Kier molecular flexibility index (Phi) is 5.19. The molecule has 1 amide bonds. The highest BCUT2D eigenvalue weighted by atomic mass is 32.1. The lowest BCUT2D eigenvalue weighted by molar-refractivity contribution is 0.0821. The van der Waals surface area contributed by atoms with Crippen LogP contribution in [0, 0.1) is 11.8 Å². The van der Waals surface area contributed by atoms with E-state index in [1.807, 2.05) is 0 Å². The van der Waals surface area contributed by atoms with Crippen molar-refractivity contribution in [2.75, 3.05) is 18.8 Å². The van der Waals surface area contributed by atoms with Gasteiger partial charge in [0.15, 0.2) is 5.13 Å². The van der Waals surface area contributed by atoms with Crippen molar-refractivity contribution < 1.29 is 4.79 Å². The normalized spacial score (nSPS) is 25.0. The molecule has 0 radical (unpaired) electrons. The van der Waals surface area contributed by atoms with Crippen LogP contribution in [0.25, 0.3) is 0 Å². The first kappa shape index (κ1) is 19.4. The number of carbonyl (C=O) groups excluding carboxylic acids is 1. The summed E-state index contributed by atoms with van der Waals surface area (Å²) in [4.78, 5) is 19.2. The van der Waals surface area contributed by atoms with Gasteiger partial charge < -0.3 is 11.1 Å². The van der Waals surface area contributed by atoms with E-state index in [0.29, 0.717) is 22.7 Å². The number of amides is 1. The van der Waals surface area contributed by atoms with Gasteiger partial charge in [0.25, 0.3) is 5.91 Å². The summed E-state index contributed by atoms with van der Waals surface area (Å²) in [6.07, 6.45) is 2.38. The number of aromatic nitrogens is 1. The first-order valence-corrected chi connectivity index (χ1v) is 11.0. The lowest BCUT2D eigenvalue weighted by Gasteiger charge is -2.38. The van der Waals surface area contributed by atoms with Crippen LogP contribution in [0.5, 0.6) is 0 Å². The van der Waals surface area contributed by atoms with Crippen molar-refractivity contribution in [3.8, 4) is 0 Å². The third-order valence-electron chi connectivity index (χ3n) is 6.19. The second-order valence-electron chi connectivity index (χ2n) is 9.31. The van der Waals surface area contributed by atoms with Crippen LogP contribution in [-0.4, -0.2) is 34.9 Å². The molecular weight excluding hydrogens is 368 g/mol. The number of hydrogen-bond acceptors (Lipinski definition) is 5. The van der Waals surface area contributed by atoms with Crippen LogP contribution in [0.2, 0.25) is 0 Å². The minimum Gasteiger partial charge on any atom is -0.375 e. The molecule has 2 bridgehead atoms. The van der Waals surface area contributed by atoms with Crippen molar-refractivity contribution >= 4 is 22.4 Å². The monoisotopic (exact) mass is 398 g/mol. The molecule has 2 aromatic rings. The van der Waals surface area contributed by atoms with Crippen molar-refractivity contribution in [2.45, 2.75) is 51.6 Å². The first-order valence-electron chi connectivity index (χ1n) is 10.1. The van der Waals surface area contributed by atoms with Gasteiger partial charge in [0, 0.05) is 31.1 Å². The second kappa shape index (κ2) is 7.48. The highest BCUT2D eigenvalue weighted by Crippen LogP contribution is 2.37. The average molecular weight is 399 g/mol. The third kappa shape index (κ3) is 4.08. The molecule has 1 saturated carbocycles. The molecule has 28 heavy (non-hydrogen) atoms. The number of nitrogen functional groups attached to an aromatic ring is 1. The molecule has 0 spiro atoms. The van der Waals surface area contributed by atoms with E-state index in [9.17, 15) is 4.79 Å². The van der Waals surface area contributed by atoms with E-state index in [1.54, 1.807) is 5.38 Å². The first-order chi connectivity index (χ1) is 13.3. The molecule has 150 valence electrons. The number of nitrogens with two attached hydrogens (primary N) is 1. The Morgan fingerprint density at radius 1 is 1.21 bits per heavy atom. The Labute approximate surface area is 171 Å². The van der Waals surface area contributed by atoms with E-state index >= 15 is 0 Å². The molecular formula is C22H30N4OS. The molecule has 5 nitrogen and oxygen atoms in total. The van der Waals surface area contributed by atoms with Gasteiger partial charge in [-0.2, -0.15) is 0 Å². The number of thiazole rings is 1. The molecule has 2 aliphatic rings. The van der Waals surface area contributed by atoms with Crippen molar-refractivity contribution in [3.63, 3.8) is 0 Å².